The van der Waals surface area contributed by atoms with Gasteiger partial charge in [-0.1, -0.05) is 18.7 Å². The van der Waals surface area contributed by atoms with Crippen LogP contribution in [0.4, 0.5) is 0 Å². The summed E-state index contributed by atoms with van der Waals surface area (Å²) in [6.07, 6.45) is 2.56. The van der Waals surface area contributed by atoms with Gasteiger partial charge in [0.1, 0.15) is 23.2 Å². The zero-order valence-corrected chi connectivity index (χ0v) is 11.3. The van der Waals surface area contributed by atoms with E-state index in [-0.39, 0.29) is 17.7 Å². The summed E-state index contributed by atoms with van der Waals surface area (Å²) >= 11 is 0. The summed E-state index contributed by atoms with van der Waals surface area (Å²) in [5.74, 6) is 1.61. The number of hydrogen-bond acceptors (Lipinski definition) is 3. The number of ether oxygens (including phenoxy) is 2. The summed E-state index contributed by atoms with van der Waals surface area (Å²) in [5, 5.41) is 0. The van der Waals surface area contributed by atoms with Crippen LogP contribution in [-0.2, 0) is 0 Å². The van der Waals surface area contributed by atoms with Crippen LogP contribution in [0.25, 0.3) is 0 Å². The van der Waals surface area contributed by atoms with Crippen LogP contribution in [0.5, 0.6) is 11.5 Å². The maximum atomic E-state index is 6.16. The van der Waals surface area contributed by atoms with Crippen molar-refractivity contribution < 1.29 is 9.47 Å². The Morgan fingerprint density at radius 3 is 2.94 bits per heavy atom. The van der Waals surface area contributed by atoms with Crippen molar-refractivity contribution in [1.29, 1.82) is 0 Å². The minimum Gasteiger partial charge on any atom is -0.487 e. The Morgan fingerprint density at radius 2 is 2.28 bits per heavy atom. The fourth-order valence-electron chi connectivity index (χ4n) is 2.22. The third-order valence-electron chi connectivity index (χ3n) is 3.14. The summed E-state index contributed by atoms with van der Waals surface area (Å²) in [7, 11) is 0. The molecular weight excluding hydrogens is 226 g/mol. The molecule has 0 fully saturated rings. The third-order valence-corrected chi connectivity index (χ3v) is 3.14. The van der Waals surface area contributed by atoms with Crippen molar-refractivity contribution in [3.05, 3.63) is 36.4 Å². The van der Waals surface area contributed by atoms with Crippen LogP contribution in [0, 0.1) is 0 Å². The molecule has 2 rings (SSSR count). The summed E-state index contributed by atoms with van der Waals surface area (Å²) in [6, 6.07) is 5.85. The molecule has 1 heterocycles. The zero-order valence-electron chi connectivity index (χ0n) is 11.3. The lowest BCUT2D eigenvalue weighted by Gasteiger charge is -2.36. The molecule has 2 N–H and O–H groups in total. The van der Waals surface area contributed by atoms with Crippen LogP contribution in [0.2, 0.25) is 0 Å². The van der Waals surface area contributed by atoms with Crippen LogP contribution < -0.4 is 15.2 Å². The monoisotopic (exact) mass is 247 g/mol. The van der Waals surface area contributed by atoms with Crippen molar-refractivity contribution in [3.63, 3.8) is 0 Å². The van der Waals surface area contributed by atoms with Crippen LogP contribution in [0.3, 0.4) is 0 Å². The van der Waals surface area contributed by atoms with Gasteiger partial charge in [-0.25, -0.2) is 0 Å². The first-order valence-corrected chi connectivity index (χ1v) is 6.29. The maximum absolute atomic E-state index is 6.16. The molecule has 0 aromatic heterocycles. The van der Waals surface area contributed by atoms with Crippen molar-refractivity contribution in [2.24, 2.45) is 5.73 Å². The minimum absolute atomic E-state index is 0.0201. The van der Waals surface area contributed by atoms with Crippen LogP contribution in [0.15, 0.2) is 30.9 Å². The normalized spacial score (nSPS) is 22.6. The van der Waals surface area contributed by atoms with Crippen molar-refractivity contribution in [3.8, 4) is 11.5 Å². The second-order valence-corrected chi connectivity index (χ2v) is 5.43. The molecule has 0 radical (unpaired) electrons. The summed E-state index contributed by atoms with van der Waals surface area (Å²) in [4.78, 5) is 0. The largest absolute Gasteiger partial charge is 0.487 e. The average Bonchev–Trinajstić information content (AvgIpc) is 2.26. The molecule has 0 bridgehead atoms. The van der Waals surface area contributed by atoms with Gasteiger partial charge in [-0.05, 0) is 26.8 Å². The number of benzene rings is 1. The molecular formula is C15H21NO2. The highest BCUT2D eigenvalue weighted by molar-refractivity contribution is 5.44. The highest BCUT2D eigenvalue weighted by Crippen LogP contribution is 2.40. The van der Waals surface area contributed by atoms with Gasteiger partial charge < -0.3 is 15.2 Å². The van der Waals surface area contributed by atoms with Crippen molar-refractivity contribution in [2.45, 2.75) is 44.9 Å². The first kappa shape index (κ1) is 13.0. The average molecular weight is 247 g/mol. The smallest absolute Gasteiger partial charge is 0.128 e. The van der Waals surface area contributed by atoms with Gasteiger partial charge in [0, 0.05) is 24.1 Å². The molecule has 0 saturated heterocycles. The highest BCUT2D eigenvalue weighted by Gasteiger charge is 2.31. The van der Waals surface area contributed by atoms with Gasteiger partial charge >= 0.3 is 0 Å². The van der Waals surface area contributed by atoms with Crippen LogP contribution in [-0.4, -0.2) is 11.7 Å². The SMILES string of the molecule is C=CC(C)Oc1ccc2c(c1)OC(C)(C)CC2N. The molecule has 0 amide bonds. The van der Waals surface area contributed by atoms with Crippen molar-refractivity contribution in [1.82, 2.24) is 0 Å². The van der Waals surface area contributed by atoms with E-state index in [0.29, 0.717) is 0 Å². The molecule has 1 aliphatic heterocycles. The van der Waals surface area contributed by atoms with Crippen LogP contribution in [0.1, 0.15) is 38.8 Å². The minimum atomic E-state index is -0.227. The standard InChI is InChI=1S/C15H21NO2/c1-5-10(2)17-11-6-7-12-13(16)9-15(3,4)18-14(12)8-11/h5-8,10,13H,1,9,16H2,2-4H3. The quantitative estimate of drug-likeness (QED) is 0.834. The van der Waals surface area contributed by atoms with Gasteiger partial charge in [-0.3, -0.25) is 0 Å². The number of hydrogen-bond donors (Lipinski definition) is 1. The molecule has 18 heavy (non-hydrogen) atoms. The van der Waals surface area contributed by atoms with E-state index in [4.69, 9.17) is 15.2 Å². The van der Waals surface area contributed by atoms with Gasteiger partial charge in [0.2, 0.25) is 0 Å². The number of fused-ring (bicyclic) bond motifs is 1. The van der Waals surface area contributed by atoms with E-state index in [1.807, 2.05) is 25.1 Å². The van der Waals surface area contributed by atoms with E-state index in [2.05, 4.69) is 20.4 Å². The van der Waals surface area contributed by atoms with E-state index in [1.165, 1.54) is 0 Å². The lowest BCUT2D eigenvalue weighted by Crippen LogP contribution is -2.37. The highest BCUT2D eigenvalue weighted by atomic mass is 16.5. The van der Waals surface area contributed by atoms with Gasteiger partial charge in [0.25, 0.3) is 0 Å². The fourth-order valence-corrected chi connectivity index (χ4v) is 2.22. The molecule has 0 saturated carbocycles. The molecule has 3 heteroatoms. The molecule has 98 valence electrons. The fraction of sp³-hybridized carbons (Fsp3) is 0.467. The Hall–Kier alpha value is -1.48. The van der Waals surface area contributed by atoms with E-state index in [1.54, 1.807) is 6.08 Å². The Morgan fingerprint density at radius 1 is 1.56 bits per heavy atom. The van der Waals surface area contributed by atoms with Gasteiger partial charge in [-0.2, -0.15) is 0 Å². The Kier molecular flexibility index (Phi) is 3.35. The second-order valence-electron chi connectivity index (χ2n) is 5.43. The molecule has 1 aromatic rings. The predicted molar refractivity (Wildman–Crippen MR) is 73.0 cm³/mol. The van der Waals surface area contributed by atoms with Gasteiger partial charge in [0.15, 0.2) is 0 Å². The molecule has 3 nitrogen and oxygen atoms in total. The first-order valence-electron chi connectivity index (χ1n) is 6.29. The molecule has 2 atom stereocenters. The first-order chi connectivity index (χ1) is 8.41. The molecule has 0 spiro atoms. The van der Waals surface area contributed by atoms with Crippen molar-refractivity contribution in [2.75, 3.05) is 0 Å². The maximum Gasteiger partial charge on any atom is 0.128 e. The van der Waals surface area contributed by atoms with E-state index >= 15 is 0 Å². The van der Waals surface area contributed by atoms with Gasteiger partial charge in [0.05, 0.1) is 0 Å². The zero-order chi connectivity index (χ0) is 13.3. The molecule has 0 aliphatic carbocycles. The lowest BCUT2D eigenvalue weighted by atomic mass is 9.90. The van der Waals surface area contributed by atoms with E-state index in [9.17, 15) is 0 Å². The third kappa shape index (κ3) is 2.67. The molecule has 1 aromatic carbocycles. The van der Waals surface area contributed by atoms with Crippen molar-refractivity contribution >= 4 is 0 Å². The lowest BCUT2D eigenvalue weighted by molar-refractivity contribution is 0.0723. The Bertz CT molecular complexity index is 454. The van der Waals surface area contributed by atoms with E-state index < -0.39 is 0 Å². The van der Waals surface area contributed by atoms with E-state index in [0.717, 1.165) is 23.5 Å². The Balaban J connectivity index is 2.28. The Labute approximate surface area is 109 Å². The summed E-state index contributed by atoms with van der Waals surface area (Å²) in [5.41, 5.74) is 6.98. The second kappa shape index (κ2) is 4.65. The van der Waals surface area contributed by atoms with Gasteiger partial charge in [-0.15, -0.1) is 0 Å². The van der Waals surface area contributed by atoms with Crippen LogP contribution >= 0.6 is 0 Å². The summed E-state index contributed by atoms with van der Waals surface area (Å²) < 4.78 is 11.7. The predicted octanol–water partition coefficient (Wildman–Crippen LogP) is 3.20. The summed E-state index contributed by atoms with van der Waals surface area (Å²) in [6.45, 7) is 9.75. The topological polar surface area (TPSA) is 44.5 Å². The molecule has 1 aliphatic rings. The number of rotatable bonds is 3. The number of nitrogens with two attached hydrogens (primary N) is 1. The molecule has 2 unspecified atom stereocenters.